The van der Waals surface area contributed by atoms with Crippen LogP contribution in [-0.4, -0.2) is 16.7 Å². The molecule has 1 heterocycles. The standard InChI is InChI=1S/C25H22N4OS/c1-18-13-15-21(16-14-18)23(30)27-24-22(20-11-7-4-8-12-20)29(2)25(31-24)28-26-17-19-9-5-3-6-10-19/h3-17H,1-2H3,(H,27,30)/b26-17+,28-25+. The van der Waals surface area contributed by atoms with Crippen molar-refractivity contribution in [1.82, 2.24) is 4.57 Å². The van der Waals surface area contributed by atoms with Crippen LogP contribution in [0.5, 0.6) is 0 Å². The second-order valence-corrected chi connectivity index (χ2v) is 8.04. The first kappa shape index (κ1) is 20.5. The number of hydrogen-bond acceptors (Lipinski definition) is 4. The van der Waals surface area contributed by atoms with E-state index in [0.717, 1.165) is 27.4 Å². The number of nitrogens with zero attached hydrogens (tertiary/aromatic N) is 3. The third-order valence-corrected chi connectivity index (χ3v) is 5.81. The average Bonchev–Trinajstić information content (AvgIpc) is 3.10. The number of anilines is 1. The van der Waals surface area contributed by atoms with Gasteiger partial charge in [-0.05, 0) is 24.6 Å². The van der Waals surface area contributed by atoms with Crippen LogP contribution in [0.4, 0.5) is 5.00 Å². The molecule has 0 radical (unpaired) electrons. The van der Waals surface area contributed by atoms with E-state index in [2.05, 4.69) is 15.5 Å². The van der Waals surface area contributed by atoms with Gasteiger partial charge in [-0.2, -0.15) is 5.10 Å². The molecule has 6 heteroatoms. The number of aromatic nitrogens is 1. The molecule has 0 aliphatic heterocycles. The van der Waals surface area contributed by atoms with Crippen molar-refractivity contribution in [3.8, 4) is 11.3 Å². The van der Waals surface area contributed by atoms with Crippen LogP contribution in [-0.2, 0) is 7.05 Å². The van der Waals surface area contributed by atoms with Crippen molar-refractivity contribution in [3.63, 3.8) is 0 Å². The highest BCUT2D eigenvalue weighted by Gasteiger charge is 2.16. The second-order valence-electron chi connectivity index (χ2n) is 7.06. The summed E-state index contributed by atoms with van der Waals surface area (Å²) in [5, 5.41) is 12.4. The molecule has 4 rings (SSSR count). The Morgan fingerprint density at radius 2 is 1.58 bits per heavy atom. The lowest BCUT2D eigenvalue weighted by atomic mass is 10.1. The van der Waals surface area contributed by atoms with Crippen LogP contribution in [0.1, 0.15) is 21.5 Å². The summed E-state index contributed by atoms with van der Waals surface area (Å²) >= 11 is 1.39. The van der Waals surface area contributed by atoms with E-state index < -0.39 is 0 Å². The predicted molar refractivity (Wildman–Crippen MR) is 127 cm³/mol. The molecule has 3 aromatic carbocycles. The van der Waals surface area contributed by atoms with Gasteiger partial charge in [-0.3, -0.25) is 4.79 Å². The topological polar surface area (TPSA) is 58.8 Å². The number of hydrogen-bond donors (Lipinski definition) is 1. The molecule has 0 unspecified atom stereocenters. The van der Waals surface area contributed by atoms with E-state index in [9.17, 15) is 4.79 Å². The van der Waals surface area contributed by atoms with Crippen molar-refractivity contribution in [2.75, 3.05) is 5.32 Å². The Bertz CT molecular complexity index is 1270. The Labute approximate surface area is 185 Å². The van der Waals surface area contributed by atoms with E-state index in [0.29, 0.717) is 10.4 Å². The van der Waals surface area contributed by atoms with Crippen molar-refractivity contribution in [1.29, 1.82) is 0 Å². The summed E-state index contributed by atoms with van der Waals surface area (Å²) < 4.78 is 1.95. The minimum absolute atomic E-state index is 0.154. The zero-order valence-corrected chi connectivity index (χ0v) is 18.1. The number of benzene rings is 3. The molecule has 0 saturated heterocycles. The molecule has 1 amide bonds. The number of thiazole rings is 1. The van der Waals surface area contributed by atoms with E-state index in [4.69, 9.17) is 0 Å². The van der Waals surface area contributed by atoms with Crippen molar-refractivity contribution in [3.05, 3.63) is 106 Å². The minimum Gasteiger partial charge on any atom is -0.316 e. The molecule has 0 fully saturated rings. The summed E-state index contributed by atoms with van der Waals surface area (Å²) in [4.78, 5) is 13.5. The van der Waals surface area contributed by atoms with Crippen LogP contribution >= 0.6 is 11.3 Å². The molecule has 1 N–H and O–H groups in total. The molecule has 5 nitrogen and oxygen atoms in total. The molecule has 0 saturated carbocycles. The fourth-order valence-corrected chi connectivity index (χ4v) is 4.11. The number of aryl methyl sites for hydroxylation is 1. The quantitative estimate of drug-likeness (QED) is 0.344. The average molecular weight is 427 g/mol. The lowest BCUT2D eigenvalue weighted by Gasteiger charge is -2.08. The molecule has 154 valence electrons. The summed E-state index contributed by atoms with van der Waals surface area (Å²) in [6.45, 7) is 2.00. The predicted octanol–water partition coefficient (Wildman–Crippen LogP) is 5.25. The Hall–Kier alpha value is -3.77. The Morgan fingerprint density at radius 1 is 0.935 bits per heavy atom. The molecular formula is C25H22N4OS. The minimum atomic E-state index is -0.154. The number of rotatable bonds is 5. The van der Waals surface area contributed by atoms with Gasteiger partial charge in [0, 0.05) is 18.2 Å². The lowest BCUT2D eigenvalue weighted by molar-refractivity contribution is 0.102. The van der Waals surface area contributed by atoms with Gasteiger partial charge in [0.25, 0.3) is 5.91 Å². The van der Waals surface area contributed by atoms with Crippen LogP contribution in [0, 0.1) is 6.92 Å². The van der Waals surface area contributed by atoms with Crippen molar-refractivity contribution in [2.45, 2.75) is 6.92 Å². The molecule has 0 bridgehead atoms. The highest BCUT2D eigenvalue weighted by atomic mass is 32.1. The highest BCUT2D eigenvalue weighted by molar-refractivity contribution is 7.14. The van der Waals surface area contributed by atoms with Crippen molar-refractivity contribution < 1.29 is 4.79 Å². The zero-order valence-electron chi connectivity index (χ0n) is 17.3. The molecule has 1 aromatic heterocycles. The first-order valence-electron chi connectivity index (χ1n) is 9.87. The van der Waals surface area contributed by atoms with Crippen molar-refractivity contribution in [2.24, 2.45) is 17.3 Å². The smallest absolute Gasteiger partial charge is 0.256 e. The first-order chi connectivity index (χ1) is 15.1. The molecule has 4 aromatic rings. The van der Waals surface area contributed by atoms with Crippen molar-refractivity contribution >= 4 is 28.5 Å². The van der Waals surface area contributed by atoms with Gasteiger partial charge in [0.2, 0.25) is 4.80 Å². The van der Waals surface area contributed by atoms with Gasteiger partial charge in [0.1, 0.15) is 5.00 Å². The summed E-state index contributed by atoms with van der Waals surface area (Å²) in [6.07, 6.45) is 1.71. The molecule has 0 atom stereocenters. The van der Waals surface area contributed by atoms with E-state index in [1.54, 1.807) is 6.21 Å². The number of nitrogens with one attached hydrogen (secondary N) is 1. The zero-order chi connectivity index (χ0) is 21.6. The summed E-state index contributed by atoms with van der Waals surface area (Å²) in [6, 6.07) is 27.3. The lowest BCUT2D eigenvalue weighted by Crippen LogP contribution is -2.12. The monoisotopic (exact) mass is 426 g/mol. The van der Waals surface area contributed by atoms with Crippen LogP contribution in [0.15, 0.2) is 95.1 Å². The summed E-state index contributed by atoms with van der Waals surface area (Å²) in [5.41, 5.74) is 4.58. The highest BCUT2D eigenvalue weighted by Crippen LogP contribution is 2.30. The van der Waals surface area contributed by atoms with E-state index in [1.165, 1.54) is 11.3 Å². The number of amides is 1. The van der Waals surface area contributed by atoms with Crippen LogP contribution in [0.3, 0.4) is 0 Å². The maximum atomic E-state index is 12.9. The summed E-state index contributed by atoms with van der Waals surface area (Å²) in [5.74, 6) is -0.154. The van der Waals surface area contributed by atoms with Gasteiger partial charge in [-0.25, -0.2) is 0 Å². The second kappa shape index (κ2) is 9.36. The van der Waals surface area contributed by atoms with Crippen LogP contribution in [0.25, 0.3) is 11.3 Å². The van der Waals surface area contributed by atoms with Crippen LogP contribution in [0.2, 0.25) is 0 Å². The molecule has 0 aliphatic rings. The van der Waals surface area contributed by atoms with Gasteiger partial charge >= 0.3 is 0 Å². The van der Waals surface area contributed by atoms with Gasteiger partial charge < -0.3 is 9.88 Å². The van der Waals surface area contributed by atoms with Gasteiger partial charge in [0.15, 0.2) is 0 Å². The normalized spacial score (nSPS) is 11.7. The molecule has 31 heavy (non-hydrogen) atoms. The number of carbonyl (C=O) groups is 1. The fourth-order valence-electron chi connectivity index (χ4n) is 3.11. The van der Waals surface area contributed by atoms with Gasteiger partial charge in [-0.15, -0.1) is 5.10 Å². The summed E-state index contributed by atoms with van der Waals surface area (Å²) in [7, 11) is 1.93. The molecule has 0 spiro atoms. The third kappa shape index (κ3) is 4.87. The van der Waals surface area contributed by atoms with Gasteiger partial charge in [0.05, 0.1) is 11.9 Å². The maximum absolute atomic E-state index is 12.9. The third-order valence-electron chi connectivity index (χ3n) is 4.77. The van der Waals surface area contributed by atoms with E-state index >= 15 is 0 Å². The first-order valence-corrected chi connectivity index (χ1v) is 10.7. The van der Waals surface area contributed by atoms with E-state index in [1.807, 2.05) is 103 Å². The fraction of sp³-hybridized carbons (Fsp3) is 0.0800. The SMILES string of the molecule is Cc1ccc(C(=O)Nc2s/c(=N/N=C/c3ccccc3)n(C)c2-c2ccccc2)cc1. The maximum Gasteiger partial charge on any atom is 0.256 e. The largest absolute Gasteiger partial charge is 0.316 e. The van der Waals surface area contributed by atoms with Gasteiger partial charge in [-0.1, -0.05) is 89.7 Å². The van der Waals surface area contributed by atoms with Crippen LogP contribution < -0.4 is 10.1 Å². The molecule has 0 aliphatic carbocycles. The molecular weight excluding hydrogens is 404 g/mol. The Morgan fingerprint density at radius 3 is 2.26 bits per heavy atom. The number of carbonyl (C=O) groups excluding carboxylic acids is 1. The Balaban J connectivity index is 1.72. The Kier molecular flexibility index (Phi) is 6.19. The van der Waals surface area contributed by atoms with E-state index in [-0.39, 0.29) is 5.91 Å².